The van der Waals surface area contributed by atoms with Gasteiger partial charge in [0.1, 0.15) is 10.9 Å². The maximum atomic E-state index is 5.99. The van der Waals surface area contributed by atoms with E-state index >= 15 is 0 Å². The van der Waals surface area contributed by atoms with Gasteiger partial charge in [0, 0.05) is 0 Å². The third-order valence-corrected chi connectivity index (χ3v) is 2.63. The zero-order valence-corrected chi connectivity index (χ0v) is 10.1. The molecule has 0 radical (unpaired) electrons. The third-order valence-electron chi connectivity index (χ3n) is 2.16. The molecule has 0 aliphatic rings. The van der Waals surface area contributed by atoms with Gasteiger partial charge < -0.3 is 9.73 Å². The summed E-state index contributed by atoms with van der Waals surface area (Å²) in [6.45, 7) is 2.49. The summed E-state index contributed by atoms with van der Waals surface area (Å²) in [5, 5.41) is 3.93. The second kappa shape index (κ2) is 4.76. The van der Waals surface area contributed by atoms with Gasteiger partial charge >= 0.3 is 0 Å². The maximum absolute atomic E-state index is 5.99. The minimum Gasteiger partial charge on any atom is -0.467 e. The molecule has 0 unspecified atom stereocenters. The third kappa shape index (κ3) is 2.49. The van der Waals surface area contributed by atoms with Crippen molar-refractivity contribution in [2.24, 2.45) is 0 Å². The number of furan rings is 1. The minimum atomic E-state index is 0.372. The Labute approximate surface area is 103 Å². The van der Waals surface area contributed by atoms with Crippen molar-refractivity contribution >= 4 is 28.9 Å². The largest absolute Gasteiger partial charge is 0.467 e. The van der Waals surface area contributed by atoms with Crippen LogP contribution in [0.25, 0.3) is 0 Å². The van der Waals surface area contributed by atoms with Crippen molar-refractivity contribution in [3.63, 3.8) is 0 Å². The van der Waals surface area contributed by atoms with Crippen LogP contribution in [-0.4, -0.2) is 4.98 Å². The quantitative estimate of drug-likeness (QED) is 0.847. The van der Waals surface area contributed by atoms with Crippen molar-refractivity contribution in [1.29, 1.82) is 0 Å². The Balaban J connectivity index is 2.15. The van der Waals surface area contributed by atoms with E-state index in [1.54, 1.807) is 12.3 Å². The SMILES string of the molecule is Cc1cc(Cl)nc(Cl)c1NCc1ccco1. The van der Waals surface area contributed by atoms with Crippen LogP contribution < -0.4 is 5.32 Å². The van der Waals surface area contributed by atoms with E-state index in [0.29, 0.717) is 16.9 Å². The van der Waals surface area contributed by atoms with Gasteiger partial charge in [-0.3, -0.25) is 0 Å². The van der Waals surface area contributed by atoms with Gasteiger partial charge in [-0.15, -0.1) is 0 Å². The molecule has 2 aromatic heterocycles. The molecule has 0 atom stereocenters. The standard InChI is InChI=1S/C11H10Cl2N2O/c1-7-5-9(12)15-11(13)10(7)14-6-8-3-2-4-16-8/h2-5,14H,6H2,1H3. The fourth-order valence-corrected chi connectivity index (χ4v) is 1.99. The smallest absolute Gasteiger partial charge is 0.154 e. The van der Waals surface area contributed by atoms with Gasteiger partial charge in [0.25, 0.3) is 0 Å². The molecule has 0 amide bonds. The summed E-state index contributed by atoms with van der Waals surface area (Å²) in [6.07, 6.45) is 1.63. The van der Waals surface area contributed by atoms with Crippen LogP contribution in [0.2, 0.25) is 10.3 Å². The summed E-state index contributed by atoms with van der Waals surface area (Å²) in [6, 6.07) is 5.49. The number of hydrogen-bond donors (Lipinski definition) is 1. The second-order valence-electron chi connectivity index (χ2n) is 3.36. The van der Waals surface area contributed by atoms with Crippen LogP contribution in [0.3, 0.4) is 0 Å². The summed E-state index contributed by atoms with van der Waals surface area (Å²) >= 11 is 11.8. The molecule has 0 aliphatic heterocycles. The van der Waals surface area contributed by atoms with Crippen molar-refractivity contribution < 1.29 is 4.42 Å². The van der Waals surface area contributed by atoms with Crippen molar-refractivity contribution in [2.75, 3.05) is 5.32 Å². The molecule has 1 N–H and O–H groups in total. The molecule has 2 rings (SSSR count). The van der Waals surface area contributed by atoms with Crippen molar-refractivity contribution in [3.05, 3.63) is 46.1 Å². The highest BCUT2D eigenvalue weighted by atomic mass is 35.5. The summed E-state index contributed by atoms with van der Waals surface area (Å²) in [7, 11) is 0. The van der Waals surface area contributed by atoms with Gasteiger partial charge in [0.05, 0.1) is 18.5 Å². The highest BCUT2D eigenvalue weighted by Crippen LogP contribution is 2.26. The topological polar surface area (TPSA) is 38.1 Å². The van der Waals surface area contributed by atoms with Crippen molar-refractivity contribution in [2.45, 2.75) is 13.5 Å². The molecule has 0 aromatic carbocycles. The number of nitrogens with zero attached hydrogens (tertiary/aromatic N) is 1. The first-order chi connectivity index (χ1) is 7.66. The van der Waals surface area contributed by atoms with Gasteiger partial charge in [0.15, 0.2) is 5.15 Å². The van der Waals surface area contributed by atoms with Gasteiger partial charge in [-0.05, 0) is 30.7 Å². The van der Waals surface area contributed by atoms with Gasteiger partial charge in [0.2, 0.25) is 0 Å². The average Bonchev–Trinajstić information content (AvgIpc) is 2.68. The molecule has 0 spiro atoms. The van der Waals surface area contributed by atoms with Crippen molar-refractivity contribution in [1.82, 2.24) is 4.98 Å². The zero-order valence-electron chi connectivity index (χ0n) is 8.63. The highest BCUT2D eigenvalue weighted by Gasteiger charge is 2.07. The summed E-state index contributed by atoms with van der Waals surface area (Å²) in [4.78, 5) is 3.97. The lowest BCUT2D eigenvalue weighted by Gasteiger charge is -2.09. The number of rotatable bonds is 3. The molecular weight excluding hydrogens is 247 g/mol. The number of nitrogens with one attached hydrogen (secondary N) is 1. The number of aryl methyl sites for hydroxylation is 1. The van der Waals surface area contributed by atoms with E-state index in [9.17, 15) is 0 Å². The van der Waals surface area contributed by atoms with Crippen LogP contribution in [-0.2, 0) is 6.54 Å². The van der Waals surface area contributed by atoms with Gasteiger partial charge in [-0.25, -0.2) is 4.98 Å². The van der Waals surface area contributed by atoms with Crippen LogP contribution in [0, 0.1) is 6.92 Å². The molecule has 0 bridgehead atoms. The number of halogens is 2. The fourth-order valence-electron chi connectivity index (χ4n) is 1.40. The molecule has 0 fully saturated rings. The maximum Gasteiger partial charge on any atom is 0.154 e. The van der Waals surface area contributed by atoms with E-state index in [0.717, 1.165) is 17.0 Å². The van der Waals surface area contributed by atoms with E-state index < -0.39 is 0 Å². The Hall–Kier alpha value is -1.19. The lowest BCUT2D eigenvalue weighted by molar-refractivity contribution is 0.518. The minimum absolute atomic E-state index is 0.372. The monoisotopic (exact) mass is 256 g/mol. The van der Waals surface area contributed by atoms with E-state index in [4.69, 9.17) is 27.6 Å². The molecule has 3 nitrogen and oxygen atoms in total. The Morgan fingerprint density at radius 2 is 2.25 bits per heavy atom. The van der Waals surface area contributed by atoms with Crippen LogP contribution in [0.4, 0.5) is 5.69 Å². The summed E-state index contributed by atoms with van der Waals surface area (Å²) in [5.74, 6) is 0.838. The van der Waals surface area contributed by atoms with Crippen LogP contribution >= 0.6 is 23.2 Å². The number of pyridine rings is 1. The first-order valence-electron chi connectivity index (χ1n) is 4.75. The van der Waals surface area contributed by atoms with Crippen LogP contribution in [0.5, 0.6) is 0 Å². The van der Waals surface area contributed by atoms with Gasteiger partial charge in [-0.1, -0.05) is 23.2 Å². The number of hydrogen-bond acceptors (Lipinski definition) is 3. The van der Waals surface area contributed by atoms with E-state index in [1.165, 1.54) is 0 Å². The van der Waals surface area contributed by atoms with E-state index in [2.05, 4.69) is 10.3 Å². The predicted molar refractivity (Wildman–Crippen MR) is 65.0 cm³/mol. The highest BCUT2D eigenvalue weighted by molar-refractivity contribution is 6.34. The summed E-state index contributed by atoms with van der Waals surface area (Å²) in [5.41, 5.74) is 1.74. The molecule has 16 heavy (non-hydrogen) atoms. The average molecular weight is 257 g/mol. The van der Waals surface area contributed by atoms with E-state index in [1.807, 2.05) is 19.1 Å². The van der Waals surface area contributed by atoms with Crippen LogP contribution in [0.15, 0.2) is 28.9 Å². The number of aromatic nitrogens is 1. The lowest BCUT2D eigenvalue weighted by Crippen LogP contribution is -2.02. The Bertz CT molecular complexity index is 460. The molecule has 2 heterocycles. The number of anilines is 1. The predicted octanol–water partition coefficient (Wildman–Crippen LogP) is 3.90. The van der Waals surface area contributed by atoms with Crippen molar-refractivity contribution in [3.8, 4) is 0 Å². The Morgan fingerprint density at radius 1 is 1.44 bits per heavy atom. The lowest BCUT2D eigenvalue weighted by atomic mass is 10.2. The van der Waals surface area contributed by atoms with E-state index in [-0.39, 0.29) is 0 Å². The van der Waals surface area contributed by atoms with Gasteiger partial charge in [-0.2, -0.15) is 0 Å². The molecular formula is C11H10Cl2N2O. The normalized spacial score (nSPS) is 10.4. The zero-order chi connectivity index (χ0) is 11.5. The Kier molecular flexibility index (Phi) is 3.36. The first kappa shape index (κ1) is 11.3. The molecule has 0 aliphatic carbocycles. The molecule has 0 saturated carbocycles. The van der Waals surface area contributed by atoms with Crippen LogP contribution in [0.1, 0.15) is 11.3 Å². The second-order valence-corrected chi connectivity index (χ2v) is 4.11. The first-order valence-corrected chi connectivity index (χ1v) is 5.51. The molecule has 2 aromatic rings. The fraction of sp³-hybridized carbons (Fsp3) is 0.182. The molecule has 5 heteroatoms. The molecule has 84 valence electrons. The molecule has 0 saturated heterocycles. The summed E-state index contributed by atoms with van der Waals surface area (Å²) < 4.78 is 5.21. The Morgan fingerprint density at radius 3 is 2.88 bits per heavy atom.